The third-order valence-corrected chi connectivity index (χ3v) is 5.38. The van der Waals surface area contributed by atoms with Crippen LogP contribution >= 0.6 is 12.4 Å². The molecule has 30 heavy (non-hydrogen) atoms. The normalized spacial score (nSPS) is 15.9. The summed E-state index contributed by atoms with van der Waals surface area (Å²) in [6.45, 7) is 3.69. The van der Waals surface area contributed by atoms with E-state index in [0.717, 1.165) is 54.5 Å². The van der Waals surface area contributed by atoms with Crippen molar-refractivity contribution in [2.24, 2.45) is 5.73 Å². The second kappa shape index (κ2) is 9.80. The van der Waals surface area contributed by atoms with Crippen LogP contribution in [0.1, 0.15) is 51.0 Å². The first-order chi connectivity index (χ1) is 14.2. The first kappa shape index (κ1) is 21.9. The molecule has 0 aliphatic carbocycles. The minimum atomic E-state index is -0.110. The Bertz CT molecular complexity index is 1010. The van der Waals surface area contributed by atoms with E-state index >= 15 is 0 Å². The van der Waals surface area contributed by atoms with Crippen LogP contribution in [0.4, 0.5) is 0 Å². The van der Waals surface area contributed by atoms with Crippen LogP contribution in [0, 0.1) is 5.41 Å². The van der Waals surface area contributed by atoms with Gasteiger partial charge in [0.15, 0.2) is 5.96 Å². The maximum atomic E-state index is 7.72. The van der Waals surface area contributed by atoms with E-state index in [1.54, 1.807) is 4.90 Å². The molecule has 3 aromatic rings. The maximum absolute atomic E-state index is 7.72. The molecule has 2 heterocycles. The van der Waals surface area contributed by atoms with Crippen molar-refractivity contribution in [1.29, 1.82) is 5.41 Å². The quantitative estimate of drug-likeness (QED) is 0.314. The van der Waals surface area contributed by atoms with Crippen molar-refractivity contribution in [2.75, 3.05) is 13.2 Å². The number of unbranched alkanes of at least 4 members (excludes halogenated alkanes) is 2. The molecule has 1 saturated heterocycles. The van der Waals surface area contributed by atoms with Crippen molar-refractivity contribution in [2.45, 2.75) is 45.1 Å². The Morgan fingerprint density at radius 3 is 2.83 bits per heavy atom. The zero-order chi connectivity index (χ0) is 20.2. The van der Waals surface area contributed by atoms with Crippen molar-refractivity contribution in [3.63, 3.8) is 0 Å². The third kappa shape index (κ3) is 4.67. The molecule has 1 unspecified atom stereocenters. The number of halogens is 1. The van der Waals surface area contributed by atoms with Crippen molar-refractivity contribution in [1.82, 2.24) is 15.0 Å². The number of rotatable bonds is 7. The molecule has 160 valence electrons. The molecule has 1 atom stereocenters. The van der Waals surface area contributed by atoms with E-state index in [2.05, 4.69) is 41.3 Å². The molecule has 4 rings (SSSR count). The molecule has 0 bridgehead atoms. The minimum Gasteiger partial charge on any atom is -0.494 e. The highest BCUT2D eigenvalue weighted by molar-refractivity contribution is 5.87. The lowest BCUT2D eigenvalue weighted by atomic mass is 10.1. The second-order valence-corrected chi connectivity index (χ2v) is 7.47. The largest absolute Gasteiger partial charge is 0.494 e. The van der Waals surface area contributed by atoms with Crippen LogP contribution in [0.3, 0.4) is 0 Å². The number of guanidine groups is 1. The number of nitrogens with two attached hydrogens (primary N) is 1. The number of ether oxygens (including phenoxy) is 1. The van der Waals surface area contributed by atoms with E-state index in [4.69, 9.17) is 20.4 Å². The number of hydrogen-bond donors (Lipinski definition) is 2. The molecule has 1 aromatic heterocycles. The van der Waals surface area contributed by atoms with Crippen LogP contribution < -0.4 is 10.5 Å². The van der Waals surface area contributed by atoms with Crippen LogP contribution in [0.15, 0.2) is 40.9 Å². The lowest BCUT2D eigenvalue weighted by Gasteiger charge is -2.21. The van der Waals surface area contributed by atoms with E-state index in [1.807, 2.05) is 12.1 Å². The van der Waals surface area contributed by atoms with Gasteiger partial charge in [-0.15, -0.1) is 12.4 Å². The first-order valence-electron chi connectivity index (χ1n) is 10.3. The SMILES string of the molecule is CCCCCOc1ccc2cc(-c3noc(C4CCCN4C(=N)N)n3)ccc2c1.Cl. The minimum absolute atomic E-state index is 0. The van der Waals surface area contributed by atoms with Gasteiger partial charge in [0.25, 0.3) is 0 Å². The second-order valence-electron chi connectivity index (χ2n) is 7.47. The van der Waals surface area contributed by atoms with Crippen LogP contribution in [0.2, 0.25) is 0 Å². The molecule has 2 aromatic carbocycles. The fourth-order valence-electron chi connectivity index (χ4n) is 3.79. The molecule has 1 aliphatic heterocycles. The van der Waals surface area contributed by atoms with Crippen molar-refractivity contribution >= 4 is 29.1 Å². The summed E-state index contributed by atoms with van der Waals surface area (Å²) in [5.74, 6) is 2.01. The predicted octanol–water partition coefficient (Wildman–Crippen LogP) is 4.91. The summed E-state index contributed by atoms with van der Waals surface area (Å²) in [5, 5.41) is 14.1. The molecule has 3 N–H and O–H groups in total. The Kier molecular flexibility index (Phi) is 7.15. The molecular weight excluding hydrogens is 402 g/mol. The molecular formula is C22H28ClN5O2. The van der Waals surface area contributed by atoms with Gasteiger partial charge in [0.05, 0.1) is 6.61 Å². The van der Waals surface area contributed by atoms with E-state index in [0.29, 0.717) is 11.7 Å². The summed E-state index contributed by atoms with van der Waals surface area (Å²) in [5.41, 5.74) is 6.57. The fourth-order valence-corrected chi connectivity index (χ4v) is 3.79. The van der Waals surface area contributed by atoms with Crippen LogP contribution in [-0.2, 0) is 0 Å². The van der Waals surface area contributed by atoms with Gasteiger partial charge in [-0.05, 0) is 48.2 Å². The smallest absolute Gasteiger partial charge is 0.249 e. The monoisotopic (exact) mass is 429 g/mol. The molecule has 0 amide bonds. The number of nitrogens with one attached hydrogen (secondary N) is 1. The van der Waals surface area contributed by atoms with Crippen LogP contribution in [0.5, 0.6) is 5.75 Å². The zero-order valence-corrected chi connectivity index (χ0v) is 18.0. The lowest BCUT2D eigenvalue weighted by Crippen LogP contribution is -2.35. The van der Waals surface area contributed by atoms with Gasteiger partial charge in [-0.25, -0.2) is 0 Å². The molecule has 0 radical (unpaired) electrons. The summed E-state index contributed by atoms with van der Waals surface area (Å²) >= 11 is 0. The first-order valence-corrected chi connectivity index (χ1v) is 10.3. The van der Waals surface area contributed by atoms with Crippen molar-refractivity contribution < 1.29 is 9.26 Å². The highest BCUT2D eigenvalue weighted by Gasteiger charge is 2.31. The Hall–Kier alpha value is -2.80. The van der Waals surface area contributed by atoms with Gasteiger partial charge in [0.1, 0.15) is 11.8 Å². The van der Waals surface area contributed by atoms with Gasteiger partial charge >= 0.3 is 0 Å². The Labute approximate surface area is 182 Å². The highest BCUT2D eigenvalue weighted by atomic mass is 35.5. The lowest BCUT2D eigenvalue weighted by molar-refractivity contribution is 0.283. The molecule has 0 spiro atoms. The maximum Gasteiger partial charge on any atom is 0.249 e. The van der Waals surface area contributed by atoms with Gasteiger partial charge in [-0.3, -0.25) is 5.41 Å². The number of nitrogens with zero attached hydrogens (tertiary/aromatic N) is 3. The Morgan fingerprint density at radius 1 is 1.23 bits per heavy atom. The number of likely N-dealkylation sites (tertiary alicyclic amines) is 1. The van der Waals surface area contributed by atoms with Gasteiger partial charge < -0.3 is 19.9 Å². The van der Waals surface area contributed by atoms with E-state index < -0.39 is 0 Å². The average molecular weight is 430 g/mol. The molecule has 1 aliphatic rings. The van der Waals surface area contributed by atoms with E-state index in [1.165, 1.54) is 12.8 Å². The zero-order valence-electron chi connectivity index (χ0n) is 17.1. The van der Waals surface area contributed by atoms with Crippen molar-refractivity contribution in [3.05, 3.63) is 42.3 Å². The topological polar surface area (TPSA) is 101 Å². The summed E-state index contributed by atoms with van der Waals surface area (Å²) in [4.78, 5) is 6.39. The van der Waals surface area contributed by atoms with Crippen LogP contribution in [-0.4, -0.2) is 34.2 Å². The summed E-state index contributed by atoms with van der Waals surface area (Å²) in [6, 6.07) is 12.1. The number of fused-ring (bicyclic) bond motifs is 1. The predicted molar refractivity (Wildman–Crippen MR) is 120 cm³/mol. The molecule has 8 heteroatoms. The number of hydrogen-bond acceptors (Lipinski definition) is 5. The summed E-state index contributed by atoms with van der Waals surface area (Å²) in [7, 11) is 0. The molecule has 0 saturated carbocycles. The van der Waals surface area contributed by atoms with Gasteiger partial charge in [0.2, 0.25) is 11.7 Å². The molecule has 7 nitrogen and oxygen atoms in total. The Morgan fingerprint density at radius 2 is 2.03 bits per heavy atom. The fraction of sp³-hybridized carbons (Fsp3) is 0.409. The molecule has 1 fully saturated rings. The van der Waals surface area contributed by atoms with Gasteiger partial charge in [-0.2, -0.15) is 4.98 Å². The summed E-state index contributed by atoms with van der Waals surface area (Å²) < 4.78 is 11.4. The summed E-state index contributed by atoms with van der Waals surface area (Å²) in [6.07, 6.45) is 5.28. The van der Waals surface area contributed by atoms with Gasteiger partial charge in [0, 0.05) is 12.1 Å². The van der Waals surface area contributed by atoms with Crippen LogP contribution in [0.25, 0.3) is 22.2 Å². The van der Waals surface area contributed by atoms with E-state index in [-0.39, 0.29) is 24.4 Å². The highest BCUT2D eigenvalue weighted by Crippen LogP contribution is 2.32. The average Bonchev–Trinajstić information content (AvgIpc) is 3.40. The van der Waals surface area contributed by atoms with Gasteiger partial charge in [-0.1, -0.05) is 43.1 Å². The Balaban J connectivity index is 0.00000256. The van der Waals surface area contributed by atoms with E-state index in [9.17, 15) is 0 Å². The number of benzene rings is 2. The third-order valence-electron chi connectivity index (χ3n) is 5.38. The standard InChI is InChI=1S/C22H27N5O2.ClH/c1-2-3-4-12-28-18-10-9-15-13-17(8-7-16(15)14-18)20-25-21(29-26-20)19-6-5-11-27(19)22(23)24;/h7-10,13-14,19H,2-6,11-12H2,1H3,(H3,23,24);1H. The van der Waals surface area contributed by atoms with Crippen molar-refractivity contribution in [3.8, 4) is 17.1 Å². The number of aromatic nitrogens is 2.